The molecule has 2 bridgehead atoms. The van der Waals surface area contributed by atoms with E-state index in [-0.39, 0.29) is 37.2 Å². The Hall–Kier alpha value is -2.33. The van der Waals surface area contributed by atoms with Gasteiger partial charge in [0.1, 0.15) is 0 Å². The second-order valence-corrected chi connectivity index (χ2v) is 10.3. The fourth-order valence-electron chi connectivity index (χ4n) is 6.21. The van der Waals surface area contributed by atoms with Gasteiger partial charge in [-0.3, -0.25) is 4.79 Å². The minimum absolute atomic E-state index is 0.00308. The van der Waals surface area contributed by atoms with Crippen molar-refractivity contribution in [1.29, 1.82) is 0 Å². The first kappa shape index (κ1) is 26.3. The van der Waals surface area contributed by atoms with Crippen LogP contribution in [0.4, 0.5) is 0 Å². The fraction of sp³-hybridized carbons (Fsp3) is 0.679. The number of ether oxygens (including phenoxy) is 6. The molecular formula is C28H39NO8. The largest absolute Gasteiger partial charge is 0.459 e. The molecule has 4 aliphatic rings. The number of aliphatic hydroxyl groups is 1. The molecular weight excluding hydrogens is 478 g/mol. The van der Waals surface area contributed by atoms with Gasteiger partial charge in [-0.1, -0.05) is 12.5 Å². The van der Waals surface area contributed by atoms with Gasteiger partial charge in [0.15, 0.2) is 17.3 Å². The predicted molar refractivity (Wildman–Crippen MR) is 134 cm³/mol. The smallest absolute Gasteiger partial charge is 0.286 e. The molecule has 0 saturated heterocycles. The van der Waals surface area contributed by atoms with Crippen LogP contribution in [0.15, 0.2) is 30.0 Å². The molecule has 2 aliphatic heterocycles. The lowest BCUT2D eigenvalue weighted by molar-refractivity contribution is -0.168. The molecule has 9 nitrogen and oxygen atoms in total. The molecule has 9 heteroatoms. The number of benzene rings is 1. The summed E-state index contributed by atoms with van der Waals surface area (Å²) in [6.45, 7) is 4.25. The average Bonchev–Trinajstić information content (AvgIpc) is 3.65. The molecule has 0 spiro atoms. The minimum Gasteiger partial charge on any atom is -0.459 e. The van der Waals surface area contributed by atoms with Crippen LogP contribution in [0.2, 0.25) is 0 Å². The number of nitrogens with one attached hydrogen (secondary N) is 1. The van der Waals surface area contributed by atoms with E-state index < -0.39 is 6.29 Å². The van der Waals surface area contributed by atoms with Crippen molar-refractivity contribution in [2.45, 2.75) is 57.3 Å². The molecule has 1 amide bonds. The molecule has 6 atom stereocenters. The van der Waals surface area contributed by atoms with E-state index in [0.717, 1.165) is 23.7 Å². The fourth-order valence-corrected chi connectivity index (χ4v) is 6.21. The lowest BCUT2D eigenvalue weighted by Crippen LogP contribution is -2.43. The summed E-state index contributed by atoms with van der Waals surface area (Å²) < 4.78 is 34.5. The Morgan fingerprint density at radius 3 is 2.68 bits per heavy atom. The molecule has 2 aliphatic carbocycles. The highest BCUT2D eigenvalue weighted by Gasteiger charge is 2.42. The summed E-state index contributed by atoms with van der Waals surface area (Å²) in [6, 6.07) is 6.15. The van der Waals surface area contributed by atoms with E-state index in [1.807, 2.05) is 31.2 Å². The third-order valence-corrected chi connectivity index (χ3v) is 7.98. The van der Waals surface area contributed by atoms with Gasteiger partial charge in [-0.05, 0) is 68.2 Å². The molecule has 1 aromatic rings. The Labute approximate surface area is 218 Å². The molecule has 37 heavy (non-hydrogen) atoms. The zero-order valence-corrected chi connectivity index (χ0v) is 21.6. The van der Waals surface area contributed by atoms with Gasteiger partial charge in [0, 0.05) is 31.1 Å². The highest BCUT2D eigenvalue weighted by Crippen LogP contribution is 2.45. The third kappa shape index (κ3) is 6.22. The van der Waals surface area contributed by atoms with Crippen LogP contribution in [0.25, 0.3) is 0 Å². The first-order valence-corrected chi connectivity index (χ1v) is 13.6. The van der Waals surface area contributed by atoms with Gasteiger partial charge in [0.2, 0.25) is 13.1 Å². The maximum atomic E-state index is 13.4. The van der Waals surface area contributed by atoms with Crippen molar-refractivity contribution in [3.8, 4) is 11.5 Å². The molecule has 1 aromatic carbocycles. The Morgan fingerprint density at radius 1 is 1.08 bits per heavy atom. The molecule has 204 valence electrons. The number of fused-ring (bicyclic) bond motifs is 3. The highest BCUT2D eigenvalue weighted by atomic mass is 16.7. The lowest BCUT2D eigenvalue weighted by atomic mass is 9.81. The van der Waals surface area contributed by atoms with E-state index in [0.29, 0.717) is 56.9 Å². The number of allylic oxidation sites excluding steroid dienone is 1. The number of hydrogen-bond acceptors (Lipinski definition) is 8. The average molecular weight is 518 g/mol. The van der Waals surface area contributed by atoms with Crippen molar-refractivity contribution < 1.29 is 38.3 Å². The standard InChI is InChI=1S/C28H39NO8/c1-2-34-28-21(7-9-32-11-12-33-10-8-30)22(19-5-6-24-25(15-19)36-17-35-24)16-26(37-28)27(31)29-23-14-18-3-4-20(23)13-18/h5-6,15-16,18,20-23,28,30H,2-4,7-14,17H2,1H3,(H,29,31)/t18?,20?,21-,22-,23?,28-/m1/s1. The van der Waals surface area contributed by atoms with Crippen LogP contribution in [0.1, 0.15) is 50.5 Å². The summed E-state index contributed by atoms with van der Waals surface area (Å²) in [6.07, 6.45) is 6.79. The summed E-state index contributed by atoms with van der Waals surface area (Å²) in [5.74, 6) is 2.70. The molecule has 2 fully saturated rings. The van der Waals surface area contributed by atoms with Gasteiger partial charge in [-0.15, -0.1) is 0 Å². The zero-order chi connectivity index (χ0) is 25.6. The summed E-state index contributed by atoms with van der Waals surface area (Å²) in [5.41, 5.74) is 1.01. The zero-order valence-electron chi connectivity index (χ0n) is 21.6. The maximum Gasteiger partial charge on any atom is 0.286 e. The maximum absolute atomic E-state index is 13.4. The van der Waals surface area contributed by atoms with Crippen LogP contribution in [-0.4, -0.2) is 69.8 Å². The Bertz CT molecular complexity index is 952. The van der Waals surface area contributed by atoms with Crippen LogP contribution in [0.3, 0.4) is 0 Å². The van der Waals surface area contributed by atoms with Crippen molar-refractivity contribution >= 4 is 5.91 Å². The van der Waals surface area contributed by atoms with Gasteiger partial charge in [0.25, 0.3) is 5.91 Å². The number of carbonyl (C=O) groups is 1. The van der Waals surface area contributed by atoms with Crippen LogP contribution in [0, 0.1) is 17.8 Å². The van der Waals surface area contributed by atoms with E-state index in [1.54, 1.807) is 0 Å². The van der Waals surface area contributed by atoms with Crippen LogP contribution < -0.4 is 14.8 Å². The van der Waals surface area contributed by atoms with Crippen LogP contribution >= 0.6 is 0 Å². The summed E-state index contributed by atoms with van der Waals surface area (Å²) in [4.78, 5) is 13.4. The topological polar surface area (TPSA) is 105 Å². The van der Waals surface area contributed by atoms with E-state index in [4.69, 9.17) is 33.5 Å². The molecule has 2 saturated carbocycles. The van der Waals surface area contributed by atoms with Gasteiger partial charge in [-0.25, -0.2) is 0 Å². The highest BCUT2D eigenvalue weighted by molar-refractivity contribution is 5.92. The second kappa shape index (κ2) is 12.5. The normalized spacial score (nSPS) is 29.7. The number of carbonyl (C=O) groups excluding carboxylic acids is 1. The summed E-state index contributed by atoms with van der Waals surface area (Å²) in [7, 11) is 0. The van der Waals surface area contributed by atoms with Crippen molar-refractivity contribution in [2.24, 2.45) is 17.8 Å². The van der Waals surface area contributed by atoms with Crippen molar-refractivity contribution in [3.05, 3.63) is 35.6 Å². The molecule has 2 heterocycles. The van der Waals surface area contributed by atoms with E-state index in [2.05, 4.69) is 5.32 Å². The van der Waals surface area contributed by atoms with Gasteiger partial charge < -0.3 is 38.8 Å². The molecule has 5 rings (SSSR count). The number of aliphatic hydroxyl groups excluding tert-OH is 1. The number of amides is 1. The molecule has 0 aromatic heterocycles. The Balaban J connectivity index is 1.32. The third-order valence-electron chi connectivity index (χ3n) is 7.98. The Kier molecular flexibility index (Phi) is 8.86. The van der Waals surface area contributed by atoms with Crippen LogP contribution in [0.5, 0.6) is 11.5 Å². The second-order valence-electron chi connectivity index (χ2n) is 10.3. The molecule has 2 N–H and O–H groups in total. The first-order valence-electron chi connectivity index (χ1n) is 13.6. The SMILES string of the molecule is CCO[C@@H]1OC(C(=O)NC2CC3CCC2C3)=C[C@H](c2ccc3c(c2)OCO3)[C@H]1CCOCCOCCO. The monoisotopic (exact) mass is 517 g/mol. The van der Waals surface area contributed by atoms with Gasteiger partial charge in [-0.2, -0.15) is 0 Å². The quantitative estimate of drug-likeness (QED) is 0.385. The van der Waals surface area contributed by atoms with Crippen LogP contribution in [-0.2, 0) is 23.7 Å². The van der Waals surface area contributed by atoms with Crippen molar-refractivity contribution in [3.63, 3.8) is 0 Å². The molecule has 3 unspecified atom stereocenters. The number of hydrogen-bond donors (Lipinski definition) is 2. The van der Waals surface area contributed by atoms with E-state index in [9.17, 15) is 4.79 Å². The van der Waals surface area contributed by atoms with Crippen molar-refractivity contribution in [1.82, 2.24) is 5.32 Å². The predicted octanol–water partition coefficient (Wildman–Crippen LogP) is 3.11. The summed E-state index contributed by atoms with van der Waals surface area (Å²) in [5, 5.41) is 12.1. The first-order chi connectivity index (χ1) is 18.2. The Morgan fingerprint density at radius 2 is 1.92 bits per heavy atom. The minimum atomic E-state index is -0.583. The number of rotatable bonds is 13. The lowest BCUT2D eigenvalue weighted by Gasteiger charge is -2.37. The van der Waals surface area contributed by atoms with E-state index in [1.165, 1.54) is 19.3 Å². The van der Waals surface area contributed by atoms with Crippen molar-refractivity contribution in [2.75, 3.05) is 46.4 Å². The van der Waals surface area contributed by atoms with E-state index >= 15 is 0 Å². The molecule has 0 radical (unpaired) electrons. The van der Waals surface area contributed by atoms with Gasteiger partial charge >= 0.3 is 0 Å². The summed E-state index contributed by atoms with van der Waals surface area (Å²) >= 11 is 0. The van der Waals surface area contributed by atoms with Gasteiger partial charge in [0.05, 0.1) is 26.4 Å².